The maximum absolute atomic E-state index is 5.91. The molecule has 0 spiro atoms. The number of rotatable bonds is 4. The second kappa shape index (κ2) is 4.91. The summed E-state index contributed by atoms with van der Waals surface area (Å²) >= 11 is 5.91. The van der Waals surface area contributed by atoms with Crippen LogP contribution in [0.25, 0.3) is 0 Å². The normalized spacial score (nSPS) is 9.77. The zero-order valence-electron chi connectivity index (χ0n) is 7.43. The van der Waals surface area contributed by atoms with Crippen LogP contribution in [-0.4, -0.2) is 14.2 Å². The van der Waals surface area contributed by atoms with Crippen molar-refractivity contribution in [3.05, 3.63) is 23.2 Å². The van der Waals surface area contributed by atoms with Gasteiger partial charge in [0.15, 0.2) is 0 Å². The molecule has 4 nitrogen and oxygen atoms in total. The second-order valence-electron chi connectivity index (χ2n) is 2.31. The summed E-state index contributed by atoms with van der Waals surface area (Å²) in [6.07, 6.45) is 0. The van der Waals surface area contributed by atoms with Crippen LogP contribution in [-0.2, 0) is 9.68 Å². The summed E-state index contributed by atoms with van der Waals surface area (Å²) in [5.74, 6) is 0. The van der Waals surface area contributed by atoms with Gasteiger partial charge in [-0.25, -0.2) is 0 Å². The van der Waals surface area contributed by atoms with E-state index in [1.807, 2.05) is 6.07 Å². The fourth-order valence-corrected chi connectivity index (χ4v) is 1.11. The summed E-state index contributed by atoms with van der Waals surface area (Å²) in [6, 6.07) is 5.33. The molecular formula is C8H11ClN2O2. The molecule has 5 heteroatoms. The molecule has 0 saturated heterocycles. The van der Waals surface area contributed by atoms with E-state index in [4.69, 9.17) is 21.3 Å². The second-order valence-corrected chi connectivity index (χ2v) is 2.71. The van der Waals surface area contributed by atoms with Crippen LogP contribution in [0.4, 0.5) is 11.4 Å². The first-order chi connectivity index (χ1) is 6.27. The predicted molar refractivity (Wildman–Crippen MR) is 52.7 cm³/mol. The van der Waals surface area contributed by atoms with Crippen molar-refractivity contribution in [1.82, 2.24) is 0 Å². The van der Waals surface area contributed by atoms with Crippen LogP contribution in [0.2, 0.25) is 5.02 Å². The third-order valence-electron chi connectivity index (χ3n) is 1.40. The third-order valence-corrected chi connectivity index (χ3v) is 1.71. The predicted octanol–water partition coefficient (Wildman–Crippen LogP) is 2.29. The van der Waals surface area contributed by atoms with E-state index in [2.05, 4.69) is 11.0 Å². The molecule has 0 radical (unpaired) electrons. The maximum Gasteiger partial charge on any atom is 0.0792 e. The lowest BCUT2D eigenvalue weighted by molar-refractivity contribution is 0.269. The Kier molecular flexibility index (Phi) is 3.82. The van der Waals surface area contributed by atoms with Crippen molar-refractivity contribution in [3.8, 4) is 0 Å². The average molecular weight is 203 g/mol. The summed E-state index contributed by atoms with van der Waals surface area (Å²) < 4.78 is 0. The number of anilines is 2. The van der Waals surface area contributed by atoms with Crippen molar-refractivity contribution in [3.63, 3.8) is 0 Å². The van der Waals surface area contributed by atoms with Gasteiger partial charge < -0.3 is 0 Å². The number of nitrogens with one attached hydrogen (secondary N) is 2. The van der Waals surface area contributed by atoms with E-state index in [0.717, 1.165) is 5.69 Å². The van der Waals surface area contributed by atoms with Crippen molar-refractivity contribution in [2.75, 3.05) is 25.2 Å². The number of hydrogen-bond donors (Lipinski definition) is 2. The van der Waals surface area contributed by atoms with E-state index in [1.165, 1.54) is 14.2 Å². The molecule has 72 valence electrons. The van der Waals surface area contributed by atoms with Crippen molar-refractivity contribution >= 4 is 23.0 Å². The van der Waals surface area contributed by atoms with Crippen LogP contribution < -0.4 is 11.0 Å². The summed E-state index contributed by atoms with van der Waals surface area (Å²) in [5.41, 5.74) is 6.81. The lowest BCUT2D eigenvalue weighted by Crippen LogP contribution is -1.98. The molecule has 0 heterocycles. The first kappa shape index (κ1) is 10.1. The zero-order chi connectivity index (χ0) is 9.68. The minimum Gasteiger partial charge on any atom is -0.279 e. The number of benzene rings is 1. The Balaban J connectivity index is 2.79. The Morgan fingerprint density at radius 1 is 1.15 bits per heavy atom. The molecule has 0 atom stereocenters. The van der Waals surface area contributed by atoms with Gasteiger partial charge in [-0.15, -0.1) is 0 Å². The minimum atomic E-state index is 0.559. The van der Waals surface area contributed by atoms with E-state index < -0.39 is 0 Å². The van der Waals surface area contributed by atoms with Crippen LogP contribution in [0.5, 0.6) is 0 Å². The van der Waals surface area contributed by atoms with Gasteiger partial charge in [-0.2, -0.15) is 0 Å². The topological polar surface area (TPSA) is 42.5 Å². The first-order valence-electron chi connectivity index (χ1n) is 3.65. The van der Waals surface area contributed by atoms with Gasteiger partial charge >= 0.3 is 0 Å². The van der Waals surface area contributed by atoms with E-state index in [0.29, 0.717) is 10.7 Å². The van der Waals surface area contributed by atoms with E-state index in [9.17, 15) is 0 Å². The highest BCUT2D eigenvalue weighted by Gasteiger charge is 2.00. The summed E-state index contributed by atoms with van der Waals surface area (Å²) in [4.78, 5) is 9.44. The highest BCUT2D eigenvalue weighted by Crippen LogP contribution is 2.25. The third kappa shape index (κ3) is 2.77. The molecule has 0 bridgehead atoms. The van der Waals surface area contributed by atoms with Crippen LogP contribution in [0, 0.1) is 0 Å². The number of hydrogen-bond acceptors (Lipinski definition) is 4. The van der Waals surface area contributed by atoms with Gasteiger partial charge in [0.05, 0.1) is 30.6 Å². The monoisotopic (exact) mass is 202 g/mol. The Morgan fingerprint density at radius 2 is 1.85 bits per heavy atom. The van der Waals surface area contributed by atoms with Crippen LogP contribution in [0.15, 0.2) is 18.2 Å². The molecular weight excluding hydrogens is 192 g/mol. The van der Waals surface area contributed by atoms with Crippen molar-refractivity contribution in [2.45, 2.75) is 0 Å². The maximum atomic E-state index is 5.91. The molecule has 0 aliphatic rings. The molecule has 0 unspecified atom stereocenters. The Hall–Kier alpha value is -0.970. The number of halogens is 1. The molecule has 1 aromatic rings. The fraction of sp³-hybridized carbons (Fsp3) is 0.250. The van der Waals surface area contributed by atoms with Crippen molar-refractivity contribution < 1.29 is 9.68 Å². The molecule has 0 aromatic heterocycles. The lowest BCUT2D eigenvalue weighted by Gasteiger charge is -2.07. The molecule has 1 aromatic carbocycles. The molecule has 0 amide bonds. The van der Waals surface area contributed by atoms with Crippen molar-refractivity contribution in [1.29, 1.82) is 0 Å². The molecule has 1 rings (SSSR count). The highest BCUT2D eigenvalue weighted by atomic mass is 35.5. The quantitative estimate of drug-likeness (QED) is 0.736. The van der Waals surface area contributed by atoms with E-state index >= 15 is 0 Å². The smallest absolute Gasteiger partial charge is 0.0792 e. The van der Waals surface area contributed by atoms with Gasteiger partial charge in [-0.1, -0.05) is 11.6 Å². The van der Waals surface area contributed by atoms with Gasteiger partial charge in [0.2, 0.25) is 0 Å². The molecule has 0 fully saturated rings. The van der Waals surface area contributed by atoms with Crippen LogP contribution >= 0.6 is 11.6 Å². The van der Waals surface area contributed by atoms with Gasteiger partial charge in [0.25, 0.3) is 0 Å². The SMILES string of the molecule is CONc1ccc(NOC)c(Cl)c1. The van der Waals surface area contributed by atoms with Gasteiger partial charge in [-0.3, -0.25) is 20.6 Å². The molecule has 0 aliphatic carbocycles. The Labute approximate surface area is 81.7 Å². The highest BCUT2D eigenvalue weighted by molar-refractivity contribution is 6.33. The largest absolute Gasteiger partial charge is 0.279 e. The van der Waals surface area contributed by atoms with Gasteiger partial charge in [0, 0.05) is 0 Å². The first-order valence-corrected chi connectivity index (χ1v) is 4.03. The molecule has 0 aliphatic heterocycles. The molecule has 2 N–H and O–H groups in total. The van der Waals surface area contributed by atoms with E-state index in [-0.39, 0.29) is 0 Å². The van der Waals surface area contributed by atoms with Gasteiger partial charge in [0.1, 0.15) is 0 Å². The molecule has 13 heavy (non-hydrogen) atoms. The fourth-order valence-electron chi connectivity index (χ4n) is 0.889. The summed E-state index contributed by atoms with van der Waals surface area (Å²) in [7, 11) is 3.06. The summed E-state index contributed by atoms with van der Waals surface area (Å²) in [5, 5.41) is 0.559. The minimum absolute atomic E-state index is 0.559. The standard InChI is InChI=1S/C8H11ClN2O2/c1-12-10-6-3-4-8(11-13-2)7(9)5-6/h3-5,10-11H,1-2H3. The van der Waals surface area contributed by atoms with Crippen LogP contribution in [0.3, 0.4) is 0 Å². The zero-order valence-corrected chi connectivity index (χ0v) is 8.18. The average Bonchev–Trinajstić information content (AvgIpc) is 2.10. The molecule has 0 saturated carbocycles. The van der Waals surface area contributed by atoms with Gasteiger partial charge in [-0.05, 0) is 18.2 Å². The van der Waals surface area contributed by atoms with Crippen molar-refractivity contribution in [2.24, 2.45) is 0 Å². The Morgan fingerprint density at radius 3 is 2.38 bits per heavy atom. The Bertz CT molecular complexity index is 281. The summed E-state index contributed by atoms with van der Waals surface area (Å²) in [6.45, 7) is 0. The van der Waals surface area contributed by atoms with E-state index in [1.54, 1.807) is 12.1 Å². The van der Waals surface area contributed by atoms with Crippen LogP contribution in [0.1, 0.15) is 0 Å². The lowest BCUT2D eigenvalue weighted by atomic mass is 10.3.